The fourth-order valence-electron chi connectivity index (χ4n) is 2.29. The van der Waals surface area contributed by atoms with Gasteiger partial charge >= 0.3 is 0 Å². The molecule has 7 heteroatoms. The molecule has 122 valence electrons. The van der Waals surface area contributed by atoms with Gasteiger partial charge in [-0.3, -0.25) is 4.79 Å². The second-order valence-electron chi connectivity index (χ2n) is 5.19. The SMILES string of the molecule is COc1ncc(C(=O)Nc2ccccc2-c2noc(C)n2)cc1C. The van der Waals surface area contributed by atoms with Crippen LogP contribution in [0.2, 0.25) is 0 Å². The third-order valence-corrected chi connectivity index (χ3v) is 3.43. The molecule has 0 aliphatic heterocycles. The van der Waals surface area contributed by atoms with Crippen LogP contribution in [-0.4, -0.2) is 28.1 Å². The molecule has 0 spiro atoms. The first-order valence-electron chi connectivity index (χ1n) is 7.30. The number of anilines is 1. The summed E-state index contributed by atoms with van der Waals surface area (Å²) >= 11 is 0. The van der Waals surface area contributed by atoms with Gasteiger partial charge in [-0.15, -0.1) is 0 Å². The van der Waals surface area contributed by atoms with Crippen LogP contribution >= 0.6 is 0 Å². The van der Waals surface area contributed by atoms with Crippen molar-refractivity contribution < 1.29 is 14.1 Å². The molecule has 0 bridgehead atoms. The zero-order valence-electron chi connectivity index (χ0n) is 13.5. The maximum Gasteiger partial charge on any atom is 0.257 e. The number of hydrogen-bond acceptors (Lipinski definition) is 6. The van der Waals surface area contributed by atoms with E-state index in [1.807, 2.05) is 25.1 Å². The first-order chi connectivity index (χ1) is 11.6. The maximum atomic E-state index is 12.5. The van der Waals surface area contributed by atoms with Crippen molar-refractivity contribution in [3.8, 4) is 17.3 Å². The standard InChI is InChI=1S/C17H16N4O3/c1-10-8-12(9-18-17(10)23-3)16(22)20-14-7-5-4-6-13(14)15-19-11(2)24-21-15/h4-9H,1-3H3,(H,20,22). The van der Waals surface area contributed by atoms with E-state index in [9.17, 15) is 4.79 Å². The quantitative estimate of drug-likeness (QED) is 0.793. The van der Waals surface area contributed by atoms with Crippen molar-refractivity contribution in [2.24, 2.45) is 0 Å². The van der Waals surface area contributed by atoms with E-state index in [2.05, 4.69) is 20.4 Å². The Balaban J connectivity index is 1.89. The Morgan fingerprint density at radius 1 is 1.25 bits per heavy atom. The minimum Gasteiger partial charge on any atom is -0.481 e. The van der Waals surface area contributed by atoms with Crippen molar-refractivity contribution in [2.45, 2.75) is 13.8 Å². The number of carbonyl (C=O) groups is 1. The van der Waals surface area contributed by atoms with Crippen LogP contribution in [0.25, 0.3) is 11.4 Å². The number of benzene rings is 1. The number of para-hydroxylation sites is 1. The van der Waals surface area contributed by atoms with Gasteiger partial charge in [0.05, 0.1) is 18.4 Å². The Kier molecular flexibility index (Phi) is 4.24. The van der Waals surface area contributed by atoms with E-state index >= 15 is 0 Å². The van der Waals surface area contributed by atoms with E-state index < -0.39 is 0 Å². The van der Waals surface area contributed by atoms with Gasteiger partial charge < -0.3 is 14.6 Å². The minimum absolute atomic E-state index is 0.277. The van der Waals surface area contributed by atoms with Crippen molar-refractivity contribution in [1.82, 2.24) is 15.1 Å². The molecule has 1 amide bonds. The van der Waals surface area contributed by atoms with Crippen LogP contribution in [0.1, 0.15) is 21.8 Å². The number of amides is 1. The maximum absolute atomic E-state index is 12.5. The van der Waals surface area contributed by atoms with E-state index in [0.29, 0.717) is 34.4 Å². The van der Waals surface area contributed by atoms with Crippen molar-refractivity contribution in [3.63, 3.8) is 0 Å². The average molecular weight is 324 g/mol. The summed E-state index contributed by atoms with van der Waals surface area (Å²) in [4.78, 5) is 20.8. The van der Waals surface area contributed by atoms with Gasteiger partial charge in [-0.25, -0.2) is 4.98 Å². The molecule has 0 radical (unpaired) electrons. The van der Waals surface area contributed by atoms with Crippen molar-refractivity contribution in [1.29, 1.82) is 0 Å². The second kappa shape index (κ2) is 6.49. The van der Waals surface area contributed by atoms with Gasteiger partial charge in [0.15, 0.2) is 0 Å². The summed E-state index contributed by atoms with van der Waals surface area (Å²) in [5.41, 5.74) is 2.50. The highest BCUT2D eigenvalue weighted by Crippen LogP contribution is 2.26. The summed E-state index contributed by atoms with van der Waals surface area (Å²) in [7, 11) is 1.54. The van der Waals surface area contributed by atoms with Crippen LogP contribution in [0.5, 0.6) is 5.88 Å². The molecule has 7 nitrogen and oxygen atoms in total. The summed E-state index contributed by atoms with van der Waals surface area (Å²) in [5.74, 6) is 1.10. The topological polar surface area (TPSA) is 90.1 Å². The number of pyridine rings is 1. The molecule has 0 saturated heterocycles. The lowest BCUT2D eigenvalue weighted by Gasteiger charge is -2.10. The molecule has 0 atom stereocenters. The molecule has 0 aliphatic carbocycles. The number of rotatable bonds is 4. The molecule has 2 aromatic heterocycles. The van der Waals surface area contributed by atoms with Crippen LogP contribution in [0.3, 0.4) is 0 Å². The normalized spacial score (nSPS) is 10.5. The van der Waals surface area contributed by atoms with E-state index in [0.717, 1.165) is 5.56 Å². The molecule has 2 heterocycles. The molecule has 0 unspecified atom stereocenters. The molecule has 1 aromatic carbocycles. The lowest BCUT2D eigenvalue weighted by molar-refractivity contribution is 0.102. The number of methoxy groups -OCH3 is 1. The van der Waals surface area contributed by atoms with Crippen LogP contribution in [0.15, 0.2) is 41.1 Å². The minimum atomic E-state index is -0.277. The first kappa shape index (κ1) is 15.7. The number of aryl methyl sites for hydroxylation is 2. The molecule has 0 aliphatic rings. The van der Waals surface area contributed by atoms with Crippen molar-refractivity contribution in [3.05, 3.63) is 53.5 Å². The van der Waals surface area contributed by atoms with Crippen LogP contribution < -0.4 is 10.1 Å². The predicted octanol–water partition coefficient (Wildman–Crippen LogP) is 3.01. The number of nitrogens with one attached hydrogen (secondary N) is 1. The van der Waals surface area contributed by atoms with Gasteiger partial charge in [0, 0.05) is 24.2 Å². The summed E-state index contributed by atoms with van der Waals surface area (Å²) < 4.78 is 10.1. The highest BCUT2D eigenvalue weighted by Gasteiger charge is 2.15. The van der Waals surface area contributed by atoms with E-state index in [4.69, 9.17) is 9.26 Å². The summed E-state index contributed by atoms with van der Waals surface area (Å²) in [6.45, 7) is 3.54. The Morgan fingerprint density at radius 3 is 2.71 bits per heavy atom. The molecule has 24 heavy (non-hydrogen) atoms. The van der Waals surface area contributed by atoms with Crippen LogP contribution in [-0.2, 0) is 0 Å². The first-order valence-corrected chi connectivity index (χ1v) is 7.30. The van der Waals surface area contributed by atoms with Crippen molar-refractivity contribution in [2.75, 3.05) is 12.4 Å². The zero-order valence-corrected chi connectivity index (χ0v) is 13.5. The number of ether oxygens (including phenoxy) is 1. The Labute approximate surface area is 138 Å². The molecular formula is C17H16N4O3. The summed E-state index contributed by atoms with van der Waals surface area (Å²) in [5, 5.41) is 6.76. The number of carbonyl (C=O) groups excluding carboxylic acids is 1. The number of aromatic nitrogens is 3. The highest BCUT2D eigenvalue weighted by molar-refractivity contribution is 6.06. The fraction of sp³-hybridized carbons (Fsp3) is 0.176. The number of hydrogen-bond donors (Lipinski definition) is 1. The Morgan fingerprint density at radius 2 is 2.04 bits per heavy atom. The molecular weight excluding hydrogens is 308 g/mol. The van der Waals surface area contributed by atoms with E-state index in [1.165, 1.54) is 13.3 Å². The third kappa shape index (κ3) is 3.10. The lowest BCUT2D eigenvalue weighted by atomic mass is 10.1. The smallest absolute Gasteiger partial charge is 0.257 e. The van der Waals surface area contributed by atoms with E-state index in [-0.39, 0.29) is 5.91 Å². The lowest BCUT2D eigenvalue weighted by Crippen LogP contribution is -2.13. The monoisotopic (exact) mass is 324 g/mol. The van der Waals surface area contributed by atoms with Gasteiger partial charge in [-0.05, 0) is 25.1 Å². The largest absolute Gasteiger partial charge is 0.481 e. The van der Waals surface area contributed by atoms with Crippen molar-refractivity contribution >= 4 is 11.6 Å². The highest BCUT2D eigenvalue weighted by atomic mass is 16.5. The average Bonchev–Trinajstić information content (AvgIpc) is 3.01. The van der Waals surface area contributed by atoms with Crippen LogP contribution in [0.4, 0.5) is 5.69 Å². The predicted molar refractivity (Wildman–Crippen MR) is 88.0 cm³/mol. The molecule has 0 saturated carbocycles. The third-order valence-electron chi connectivity index (χ3n) is 3.43. The molecule has 3 aromatic rings. The van der Waals surface area contributed by atoms with Gasteiger partial charge in [-0.2, -0.15) is 4.98 Å². The van der Waals surface area contributed by atoms with Gasteiger partial charge in [0.25, 0.3) is 5.91 Å². The Bertz CT molecular complexity index is 889. The number of nitrogens with zero attached hydrogens (tertiary/aromatic N) is 3. The molecule has 3 rings (SSSR count). The van der Waals surface area contributed by atoms with Gasteiger partial charge in [0.2, 0.25) is 17.6 Å². The Hall–Kier alpha value is -3.22. The summed E-state index contributed by atoms with van der Waals surface area (Å²) in [6.07, 6.45) is 1.47. The summed E-state index contributed by atoms with van der Waals surface area (Å²) in [6, 6.07) is 8.99. The zero-order chi connectivity index (χ0) is 17.1. The molecule has 1 N–H and O–H groups in total. The fourth-order valence-corrected chi connectivity index (χ4v) is 2.29. The van der Waals surface area contributed by atoms with Crippen LogP contribution in [0, 0.1) is 13.8 Å². The second-order valence-corrected chi connectivity index (χ2v) is 5.19. The van der Waals surface area contributed by atoms with Gasteiger partial charge in [0.1, 0.15) is 0 Å². The van der Waals surface area contributed by atoms with Gasteiger partial charge in [-0.1, -0.05) is 17.3 Å². The molecule has 0 fully saturated rings. The van der Waals surface area contributed by atoms with E-state index in [1.54, 1.807) is 19.1 Å².